The third kappa shape index (κ3) is 4.01. The second kappa shape index (κ2) is 10.6. The highest BCUT2D eigenvalue weighted by molar-refractivity contribution is 6.18. The highest BCUT2D eigenvalue weighted by Crippen LogP contribution is 2.57. The van der Waals surface area contributed by atoms with E-state index in [1.807, 2.05) is 19.9 Å². The molecule has 3 heterocycles. The number of nitrogens with zero attached hydrogens (tertiary/aromatic N) is 2. The average molecular weight is 593 g/mol. The zero-order valence-electron chi connectivity index (χ0n) is 25.7. The number of carbonyl (C=O) groups excluding carboxylic acids is 3. The molecule has 5 rings (SSSR count). The van der Waals surface area contributed by atoms with Crippen LogP contribution in [0, 0.1) is 20.8 Å². The number of hydrogen-bond donors (Lipinski definition) is 2. The fourth-order valence-corrected chi connectivity index (χ4v) is 6.57. The highest BCUT2D eigenvalue weighted by Gasteiger charge is 2.57. The summed E-state index contributed by atoms with van der Waals surface area (Å²) in [5.41, 5.74) is 3.98. The van der Waals surface area contributed by atoms with E-state index in [2.05, 4.69) is 0 Å². The molecule has 3 atom stereocenters. The number of rotatable bonds is 6. The van der Waals surface area contributed by atoms with Gasteiger partial charge in [0.1, 0.15) is 18.4 Å². The van der Waals surface area contributed by atoms with Crippen LogP contribution < -0.4 is 14.2 Å². The van der Waals surface area contributed by atoms with Crippen LogP contribution in [0.2, 0.25) is 0 Å². The van der Waals surface area contributed by atoms with E-state index in [1.165, 1.54) is 33.2 Å². The molecule has 11 nitrogen and oxygen atoms in total. The molecule has 2 aromatic rings. The van der Waals surface area contributed by atoms with E-state index in [0.29, 0.717) is 28.3 Å². The van der Waals surface area contributed by atoms with Crippen molar-refractivity contribution in [1.29, 1.82) is 0 Å². The maximum atomic E-state index is 14.4. The maximum absolute atomic E-state index is 14.4. The number of allylic oxidation sites excluding steroid dienone is 1. The summed E-state index contributed by atoms with van der Waals surface area (Å²) < 4.78 is 22.7. The van der Waals surface area contributed by atoms with Gasteiger partial charge in [-0.2, -0.15) is 0 Å². The first-order chi connectivity index (χ1) is 20.4. The molecule has 0 saturated carbocycles. The third-order valence-electron chi connectivity index (χ3n) is 9.01. The Kier molecular flexibility index (Phi) is 7.42. The summed E-state index contributed by atoms with van der Waals surface area (Å²) in [6.07, 6.45) is 3.46. The van der Waals surface area contributed by atoms with Crippen molar-refractivity contribution in [3.63, 3.8) is 0 Å². The summed E-state index contributed by atoms with van der Waals surface area (Å²) in [4.78, 5) is 44.2. The van der Waals surface area contributed by atoms with Crippen LogP contribution in [-0.2, 0) is 14.3 Å². The van der Waals surface area contributed by atoms with E-state index in [0.717, 1.165) is 16.7 Å². The number of benzene rings is 2. The number of hydrogen-bond acceptors (Lipinski definition) is 10. The van der Waals surface area contributed by atoms with Gasteiger partial charge in [0.25, 0.3) is 5.91 Å². The molecular weight excluding hydrogens is 556 g/mol. The van der Waals surface area contributed by atoms with Gasteiger partial charge in [0.2, 0.25) is 0 Å². The van der Waals surface area contributed by atoms with Crippen LogP contribution in [0.3, 0.4) is 0 Å². The molecule has 1 fully saturated rings. The van der Waals surface area contributed by atoms with Gasteiger partial charge in [-0.3, -0.25) is 14.5 Å². The summed E-state index contributed by atoms with van der Waals surface area (Å²) in [7, 11) is 6.01. The number of piperazine rings is 1. The SMILES string of the molecule is C/C=C(/C)C(=O)OC[C@H]1c2c(c(C)c(C)c(OC)c2OC)C=C2[C@H]3c4c(O)c(OC)c(C)c(O)c4C(=O)[C@H](C(=O)N21)N3C. The Bertz CT molecular complexity index is 1660. The van der Waals surface area contributed by atoms with Crippen LogP contribution in [0.15, 0.2) is 17.3 Å². The number of aromatic hydroxyl groups is 2. The molecule has 2 aromatic carbocycles. The molecule has 0 spiro atoms. The number of ketones is 1. The monoisotopic (exact) mass is 592 g/mol. The molecule has 1 amide bonds. The topological polar surface area (TPSA) is 135 Å². The fourth-order valence-electron chi connectivity index (χ4n) is 6.57. The summed E-state index contributed by atoms with van der Waals surface area (Å²) in [5.74, 6) is -1.55. The van der Waals surface area contributed by atoms with Crippen molar-refractivity contribution in [3.8, 4) is 28.7 Å². The first-order valence-corrected chi connectivity index (χ1v) is 13.9. The molecule has 3 aliphatic rings. The van der Waals surface area contributed by atoms with Gasteiger partial charge in [0, 0.05) is 28.0 Å². The van der Waals surface area contributed by atoms with Gasteiger partial charge in [0.05, 0.1) is 32.9 Å². The largest absolute Gasteiger partial charge is 0.507 e. The Labute approximate surface area is 249 Å². The Morgan fingerprint density at radius 3 is 2.12 bits per heavy atom. The minimum absolute atomic E-state index is 0.0295. The molecule has 11 heteroatoms. The van der Waals surface area contributed by atoms with Gasteiger partial charge >= 0.3 is 5.97 Å². The number of fused-ring (bicyclic) bond motifs is 7. The van der Waals surface area contributed by atoms with Crippen LogP contribution in [0.5, 0.6) is 28.7 Å². The Hall–Kier alpha value is -4.51. The van der Waals surface area contributed by atoms with Gasteiger partial charge in [-0.1, -0.05) is 6.08 Å². The summed E-state index contributed by atoms with van der Waals surface area (Å²) in [5, 5.41) is 22.6. The fraction of sp³-hybridized carbons (Fsp3) is 0.406. The van der Waals surface area contributed by atoms with E-state index in [-0.39, 0.29) is 40.5 Å². The zero-order valence-corrected chi connectivity index (χ0v) is 25.7. The third-order valence-corrected chi connectivity index (χ3v) is 9.01. The molecule has 1 saturated heterocycles. The van der Waals surface area contributed by atoms with E-state index in [9.17, 15) is 24.6 Å². The van der Waals surface area contributed by atoms with Crippen LogP contribution >= 0.6 is 0 Å². The number of phenols is 2. The van der Waals surface area contributed by atoms with Gasteiger partial charge in [-0.05, 0) is 64.4 Å². The summed E-state index contributed by atoms with van der Waals surface area (Å²) >= 11 is 0. The quantitative estimate of drug-likeness (QED) is 0.219. The molecular formula is C32H36N2O9. The Morgan fingerprint density at radius 2 is 1.53 bits per heavy atom. The lowest BCUT2D eigenvalue weighted by molar-refractivity contribution is -0.148. The molecule has 228 valence electrons. The normalized spacial score (nSPS) is 21.0. The number of esters is 1. The predicted octanol–water partition coefficient (Wildman–Crippen LogP) is 4.03. The van der Waals surface area contributed by atoms with Crippen molar-refractivity contribution in [3.05, 3.63) is 56.3 Å². The number of Topliss-reactive ketones (excluding diaryl/α,β-unsaturated/α-hetero) is 1. The van der Waals surface area contributed by atoms with E-state index in [1.54, 1.807) is 31.9 Å². The molecule has 0 aromatic heterocycles. The van der Waals surface area contributed by atoms with Crippen LogP contribution in [0.1, 0.15) is 69.7 Å². The molecule has 2 N–H and O–H groups in total. The molecule has 3 aliphatic heterocycles. The summed E-state index contributed by atoms with van der Waals surface area (Å²) in [6.45, 7) is 8.45. The molecule has 0 aliphatic carbocycles. The van der Waals surface area contributed by atoms with Crippen LogP contribution in [0.4, 0.5) is 0 Å². The van der Waals surface area contributed by atoms with Crippen LogP contribution in [-0.4, -0.2) is 78.7 Å². The highest BCUT2D eigenvalue weighted by atomic mass is 16.5. The molecule has 43 heavy (non-hydrogen) atoms. The zero-order chi connectivity index (χ0) is 31.7. The van der Waals surface area contributed by atoms with Crippen molar-refractivity contribution >= 4 is 23.7 Å². The minimum atomic E-state index is -1.32. The van der Waals surface area contributed by atoms with E-state index in [4.69, 9.17) is 18.9 Å². The van der Waals surface area contributed by atoms with E-state index < -0.39 is 35.8 Å². The first-order valence-electron chi connectivity index (χ1n) is 13.9. The number of methoxy groups -OCH3 is 3. The predicted molar refractivity (Wildman–Crippen MR) is 157 cm³/mol. The van der Waals surface area contributed by atoms with Gasteiger partial charge in [-0.25, -0.2) is 4.79 Å². The lowest BCUT2D eigenvalue weighted by Crippen LogP contribution is -2.62. The number of likely N-dealkylation sites (N-methyl/N-ethyl adjacent to an activating group) is 1. The van der Waals surface area contributed by atoms with Crippen molar-refractivity contribution in [2.24, 2.45) is 0 Å². The molecule has 0 unspecified atom stereocenters. The van der Waals surface area contributed by atoms with E-state index >= 15 is 0 Å². The summed E-state index contributed by atoms with van der Waals surface area (Å²) in [6, 6.07) is -3.06. The maximum Gasteiger partial charge on any atom is 0.333 e. The van der Waals surface area contributed by atoms with Crippen molar-refractivity contribution in [2.75, 3.05) is 35.0 Å². The second-order valence-corrected chi connectivity index (χ2v) is 11.0. The van der Waals surface area contributed by atoms with Crippen molar-refractivity contribution in [2.45, 2.75) is 52.7 Å². The van der Waals surface area contributed by atoms with Crippen LogP contribution in [0.25, 0.3) is 6.08 Å². The standard InChI is InChI=1S/C32H36N2O9/c1-10-13(2)32(39)43-12-19-20-17(14(3)15(4)29(41-8)30(20)42-9)11-18-23-21-22(25(35)16(5)28(40-7)27(21)37)26(36)24(33(23)6)31(38)34(18)19/h10-11,19,23-24,35,37H,12H2,1-9H3/b13-10-/t19-,23-,24+/m0/s1. The second-order valence-electron chi connectivity index (χ2n) is 11.0. The van der Waals surface area contributed by atoms with Crippen molar-refractivity contribution < 1.29 is 43.5 Å². The first kappa shape index (κ1) is 30.0. The number of amides is 1. The average Bonchev–Trinajstić information content (AvgIpc) is 2.98. The molecule has 2 bridgehead atoms. The van der Waals surface area contributed by atoms with Gasteiger partial charge in [0.15, 0.2) is 34.8 Å². The molecule has 0 radical (unpaired) electrons. The smallest absolute Gasteiger partial charge is 0.333 e. The lowest BCUT2D eigenvalue weighted by Gasteiger charge is -2.52. The Morgan fingerprint density at radius 1 is 0.907 bits per heavy atom. The van der Waals surface area contributed by atoms with Gasteiger partial charge in [-0.15, -0.1) is 0 Å². The van der Waals surface area contributed by atoms with Crippen molar-refractivity contribution in [1.82, 2.24) is 9.80 Å². The Balaban J connectivity index is 1.85. The number of carbonyl (C=O) groups is 3. The lowest BCUT2D eigenvalue weighted by atomic mass is 9.76. The number of ether oxygens (including phenoxy) is 4. The van der Waals surface area contributed by atoms with Gasteiger partial charge < -0.3 is 34.1 Å². The minimum Gasteiger partial charge on any atom is -0.507 e. The number of phenolic OH excluding ortho intramolecular Hbond substituents is 2.